The van der Waals surface area contributed by atoms with Gasteiger partial charge in [0.15, 0.2) is 0 Å². The van der Waals surface area contributed by atoms with Gasteiger partial charge in [0.05, 0.1) is 6.04 Å². The van der Waals surface area contributed by atoms with Crippen molar-refractivity contribution in [1.82, 2.24) is 10.3 Å². The monoisotopic (exact) mass is 300 g/mol. The van der Waals surface area contributed by atoms with Crippen LogP contribution in [0.2, 0.25) is 0 Å². The summed E-state index contributed by atoms with van der Waals surface area (Å²) >= 11 is 1.82. The third-order valence-corrected chi connectivity index (χ3v) is 5.74. The molecule has 1 aliphatic rings. The number of aryl methyl sites for hydroxylation is 3. The minimum atomic E-state index is 0.304. The van der Waals surface area contributed by atoms with Crippen LogP contribution in [0, 0.1) is 0 Å². The number of aromatic nitrogens is 1. The number of nitrogens with zero attached hydrogens (tertiary/aromatic N) is 1. The first kappa shape index (κ1) is 14.7. The van der Waals surface area contributed by atoms with Gasteiger partial charge in [-0.1, -0.05) is 25.1 Å². The van der Waals surface area contributed by atoms with Crippen LogP contribution in [0.4, 0.5) is 0 Å². The summed E-state index contributed by atoms with van der Waals surface area (Å²) in [6.07, 6.45) is 6.91. The van der Waals surface area contributed by atoms with Crippen molar-refractivity contribution in [3.05, 3.63) is 51.0 Å². The maximum absolute atomic E-state index is 4.55. The summed E-state index contributed by atoms with van der Waals surface area (Å²) < 4.78 is 0. The normalized spacial score (nSPS) is 16.7. The zero-order chi connectivity index (χ0) is 14.8. The molecule has 0 spiro atoms. The van der Waals surface area contributed by atoms with Crippen LogP contribution in [0.25, 0.3) is 0 Å². The molecule has 112 valence electrons. The first-order valence-corrected chi connectivity index (χ1v) is 8.81. The van der Waals surface area contributed by atoms with Crippen molar-refractivity contribution >= 4 is 11.3 Å². The first-order chi connectivity index (χ1) is 10.2. The highest BCUT2D eigenvalue weighted by Gasteiger charge is 2.16. The fraction of sp³-hybridized carbons (Fsp3) is 0.500. The molecule has 2 aromatic rings. The summed E-state index contributed by atoms with van der Waals surface area (Å²) in [5, 5.41) is 4.88. The number of nitrogens with one attached hydrogen (secondary N) is 1. The number of benzene rings is 1. The second kappa shape index (κ2) is 6.29. The van der Waals surface area contributed by atoms with E-state index < -0.39 is 0 Å². The Morgan fingerprint density at radius 3 is 2.76 bits per heavy atom. The summed E-state index contributed by atoms with van der Waals surface area (Å²) in [5.41, 5.74) is 4.50. The van der Waals surface area contributed by atoms with E-state index in [2.05, 4.69) is 49.3 Å². The topological polar surface area (TPSA) is 24.9 Å². The Morgan fingerprint density at radius 2 is 2.00 bits per heavy atom. The van der Waals surface area contributed by atoms with Crippen molar-refractivity contribution in [1.29, 1.82) is 0 Å². The standard InChI is InChI=1S/C18H24N2S/c1-4-17-11-19-18(21-17)13(3)20-12(2)15-9-8-14-6-5-7-16(14)10-15/h8-13,20H,4-7H2,1-3H3. The number of hydrogen-bond acceptors (Lipinski definition) is 3. The van der Waals surface area contributed by atoms with Crippen molar-refractivity contribution in [3.63, 3.8) is 0 Å². The van der Waals surface area contributed by atoms with E-state index in [0.29, 0.717) is 12.1 Å². The molecule has 0 fully saturated rings. The number of thiazole rings is 1. The predicted molar refractivity (Wildman–Crippen MR) is 89.9 cm³/mol. The molecule has 1 aliphatic carbocycles. The van der Waals surface area contributed by atoms with E-state index in [9.17, 15) is 0 Å². The van der Waals surface area contributed by atoms with Gasteiger partial charge in [-0.15, -0.1) is 11.3 Å². The summed E-state index contributed by atoms with van der Waals surface area (Å²) in [5.74, 6) is 0. The Kier molecular flexibility index (Phi) is 4.41. The summed E-state index contributed by atoms with van der Waals surface area (Å²) in [4.78, 5) is 5.91. The van der Waals surface area contributed by atoms with E-state index in [1.54, 1.807) is 11.1 Å². The van der Waals surface area contributed by atoms with E-state index in [1.165, 1.54) is 34.7 Å². The molecule has 0 bridgehead atoms. The Hall–Kier alpha value is -1.19. The summed E-state index contributed by atoms with van der Waals surface area (Å²) in [6, 6.07) is 7.66. The van der Waals surface area contributed by atoms with Crippen LogP contribution in [0.5, 0.6) is 0 Å². The van der Waals surface area contributed by atoms with Gasteiger partial charge in [0, 0.05) is 17.1 Å². The van der Waals surface area contributed by atoms with Gasteiger partial charge < -0.3 is 5.32 Å². The molecule has 0 saturated carbocycles. The molecular weight excluding hydrogens is 276 g/mol. The molecule has 0 amide bonds. The van der Waals surface area contributed by atoms with Crippen LogP contribution >= 0.6 is 11.3 Å². The molecule has 3 rings (SSSR count). The lowest BCUT2D eigenvalue weighted by Gasteiger charge is -2.19. The second-order valence-corrected chi connectivity index (χ2v) is 7.16. The van der Waals surface area contributed by atoms with E-state index in [0.717, 1.165) is 6.42 Å². The molecule has 1 aromatic heterocycles. The van der Waals surface area contributed by atoms with Crippen LogP contribution in [-0.2, 0) is 19.3 Å². The molecule has 0 aliphatic heterocycles. The fourth-order valence-corrected chi connectivity index (χ4v) is 3.96. The highest BCUT2D eigenvalue weighted by Crippen LogP contribution is 2.27. The number of rotatable bonds is 5. The van der Waals surface area contributed by atoms with Gasteiger partial charge in [-0.3, -0.25) is 0 Å². The molecule has 2 atom stereocenters. The number of hydrogen-bond donors (Lipinski definition) is 1. The Balaban J connectivity index is 1.69. The SMILES string of the molecule is CCc1cnc(C(C)NC(C)c2ccc3c(c2)CCC3)s1. The van der Waals surface area contributed by atoms with E-state index in [-0.39, 0.29) is 0 Å². The highest BCUT2D eigenvalue weighted by atomic mass is 32.1. The maximum atomic E-state index is 4.55. The molecule has 21 heavy (non-hydrogen) atoms. The lowest BCUT2D eigenvalue weighted by Crippen LogP contribution is -2.22. The van der Waals surface area contributed by atoms with Crippen molar-refractivity contribution in [2.75, 3.05) is 0 Å². The zero-order valence-electron chi connectivity index (χ0n) is 13.1. The zero-order valence-corrected chi connectivity index (χ0v) is 14.0. The van der Waals surface area contributed by atoms with Crippen LogP contribution in [0.3, 0.4) is 0 Å². The molecular formula is C18H24N2S. The van der Waals surface area contributed by atoms with Crippen molar-refractivity contribution in [3.8, 4) is 0 Å². The van der Waals surface area contributed by atoms with Crippen molar-refractivity contribution < 1.29 is 0 Å². The van der Waals surface area contributed by atoms with Gasteiger partial charge in [-0.2, -0.15) is 0 Å². The molecule has 1 aromatic carbocycles. The van der Waals surface area contributed by atoms with Crippen molar-refractivity contribution in [2.45, 2.75) is 58.5 Å². The Labute approximate surface area is 131 Å². The average molecular weight is 300 g/mol. The minimum absolute atomic E-state index is 0.304. The van der Waals surface area contributed by atoms with Crippen LogP contribution in [-0.4, -0.2) is 4.98 Å². The van der Waals surface area contributed by atoms with Gasteiger partial charge >= 0.3 is 0 Å². The maximum Gasteiger partial charge on any atom is 0.109 e. The molecule has 0 saturated heterocycles. The third-order valence-electron chi connectivity index (χ3n) is 4.41. The van der Waals surface area contributed by atoms with Crippen LogP contribution in [0.1, 0.15) is 65.9 Å². The Morgan fingerprint density at radius 1 is 1.19 bits per heavy atom. The molecule has 2 nitrogen and oxygen atoms in total. The van der Waals surface area contributed by atoms with E-state index in [1.807, 2.05) is 17.5 Å². The number of fused-ring (bicyclic) bond motifs is 1. The lowest BCUT2D eigenvalue weighted by molar-refractivity contribution is 0.493. The third kappa shape index (κ3) is 3.19. The summed E-state index contributed by atoms with van der Waals surface area (Å²) in [7, 11) is 0. The van der Waals surface area contributed by atoms with Gasteiger partial charge in [-0.05, 0) is 56.2 Å². The molecule has 1 N–H and O–H groups in total. The lowest BCUT2D eigenvalue weighted by atomic mass is 10.0. The fourth-order valence-electron chi connectivity index (χ4n) is 3.09. The molecule has 3 heteroatoms. The van der Waals surface area contributed by atoms with Gasteiger partial charge in [0.2, 0.25) is 0 Å². The van der Waals surface area contributed by atoms with E-state index in [4.69, 9.17) is 0 Å². The Bertz CT molecular complexity index is 617. The van der Waals surface area contributed by atoms with E-state index >= 15 is 0 Å². The first-order valence-electron chi connectivity index (χ1n) is 7.99. The van der Waals surface area contributed by atoms with Gasteiger partial charge in [-0.25, -0.2) is 4.98 Å². The second-order valence-electron chi connectivity index (χ2n) is 6.01. The van der Waals surface area contributed by atoms with Crippen LogP contribution in [0.15, 0.2) is 24.4 Å². The minimum Gasteiger partial charge on any atom is -0.302 e. The molecule has 1 heterocycles. The van der Waals surface area contributed by atoms with Gasteiger partial charge in [0.1, 0.15) is 5.01 Å². The molecule has 2 unspecified atom stereocenters. The smallest absolute Gasteiger partial charge is 0.109 e. The van der Waals surface area contributed by atoms with Gasteiger partial charge in [0.25, 0.3) is 0 Å². The summed E-state index contributed by atoms with van der Waals surface area (Å²) in [6.45, 7) is 6.65. The average Bonchev–Trinajstić information content (AvgIpc) is 3.15. The van der Waals surface area contributed by atoms with Crippen LogP contribution < -0.4 is 5.32 Å². The highest BCUT2D eigenvalue weighted by molar-refractivity contribution is 7.11. The quantitative estimate of drug-likeness (QED) is 0.872. The molecule has 0 radical (unpaired) electrons. The largest absolute Gasteiger partial charge is 0.302 e. The van der Waals surface area contributed by atoms with Crippen molar-refractivity contribution in [2.24, 2.45) is 0 Å². The predicted octanol–water partition coefficient (Wildman–Crippen LogP) is 4.61.